The number of rotatable bonds is 7. The fourth-order valence-corrected chi connectivity index (χ4v) is 4.92. The van der Waals surface area contributed by atoms with Crippen molar-refractivity contribution < 1.29 is 31.1 Å². The monoisotopic (exact) mass is 569 g/mol. The van der Waals surface area contributed by atoms with Gasteiger partial charge in [-0.05, 0) is 61.4 Å². The van der Waals surface area contributed by atoms with E-state index in [1.165, 1.54) is 19.2 Å². The van der Waals surface area contributed by atoms with Crippen LogP contribution in [0.1, 0.15) is 27.2 Å². The number of aryl methyl sites for hydroxylation is 2. The smallest absolute Gasteiger partial charge is 0.229 e. The zero-order valence-corrected chi connectivity index (χ0v) is 22.2. The number of benzene rings is 3. The number of anilines is 2. The van der Waals surface area contributed by atoms with E-state index >= 15 is 4.39 Å². The van der Waals surface area contributed by atoms with E-state index in [1.807, 2.05) is 0 Å². The number of hydrogen-bond donors (Lipinski definition) is 3. The van der Waals surface area contributed by atoms with Gasteiger partial charge < -0.3 is 15.5 Å². The van der Waals surface area contributed by atoms with Crippen molar-refractivity contribution in [2.75, 3.05) is 16.7 Å². The van der Waals surface area contributed by atoms with Crippen molar-refractivity contribution in [3.05, 3.63) is 94.6 Å². The minimum atomic E-state index is -3.51. The van der Waals surface area contributed by atoms with Crippen molar-refractivity contribution in [2.24, 2.45) is 0 Å². The molecule has 0 unspecified atom stereocenters. The zero-order chi connectivity index (χ0) is 28.9. The Morgan fingerprint density at radius 1 is 1.02 bits per heavy atom. The molecule has 0 bridgehead atoms. The molecule has 2 aromatic heterocycles. The number of carbonyl (C=O) groups excluding carboxylic acids is 1. The van der Waals surface area contributed by atoms with Crippen LogP contribution in [0.4, 0.5) is 24.7 Å². The zero-order valence-electron chi connectivity index (χ0n) is 21.3. The van der Waals surface area contributed by atoms with Crippen LogP contribution >= 0.6 is 0 Å². The lowest BCUT2D eigenvalue weighted by Gasteiger charge is -2.13. The molecule has 0 radical (unpaired) electrons. The molecule has 0 aliphatic heterocycles. The van der Waals surface area contributed by atoms with E-state index in [-0.39, 0.29) is 28.5 Å². The molecule has 0 atom stereocenters. The third-order valence-electron chi connectivity index (χ3n) is 6.12. The summed E-state index contributed by atoms with van der Waals surface area (Å²) in [7, 11) is -3.51. The molecule has 40 heavy (non-hydrogen) atoms. The molecular weight excluding hydrogens is 547 g/mol. The molecular formula is C27H22F3N5O4S. The summed E-state index contributed by atoms with van der Waals surface area (Å²) in [6, 6.07) is 9.93. The molecule has 9 nitrogen and oxygen atoms in total. The molecule has 2 heterocycles. The van der Waals surface area contributed by atoms with Crippen molar-refractivity contribution in [3.8, 4) is 17.2 Å². The maximum atomic E-state index is 15.2. The van der Waals surface area contributed by atoms with Gasteiger partial charge in [-0.25, -0.2) is 26.3 Å². The molecule has 206 valence electrons. The highest BCUT2D eigenvalue weighted by molar-refractivity contribution is 7.92. The lowest BCUT2D eigenvalue weighted by molar-refractivity contribution is 0.103. The van der Waals surface area contributed by atoms with Gasteiger partial charge in [-0.15, -0.1) is 0 Å². The van der Waals surface area contributed by atoms with Gasteiger partial charge in [0.25, 0.3) is 0 Å². The van der Waals surface area contributed by atoms with Gasteiger partial charge in [0.1, 0.15) is 23.1 Å². The largest absolute Gasteiger partial charge is 0.454 e. The fourth-order valence-electron chi connectivity index (χ4n) is 4.30. The number of halogens is 3. The first-order valence-corrected chi connectivity index (χ1v) is 13.6. The predicted molar refractivity (Wildman–Crippen MR) is 144 cm³/mol. The normalized spacial score (nSPS) is 11.7. The van der Waals surface area contributed by atoms with E-state index in [0.29, 0.717) is 27.7 Å². The lowest BCUT2D eigenvalue weighted by atomic mass is 10.1. The summed E-state index contributed by atoms with van der Waals surface area (Å²) in [5.74, 6) is -3.51. The van der Waals surface area contributed by atoms with E-state index in [1.54, 1.807) is 25.1 Å². The van der Waals surface area contributed by atoms with Gasteiger partial charge >= 0.3 is 0 Å². The van der Waals surface area contributed by atoms with Gasteiger partial charge in [-0.1, -0.05) is 0 Å². The topological polar surface area (TPSA) is 132 Å². The van der Waals surface area contributed by atoms with Gasteiger partial charge in [0.2, 0.25) is 15.8 Å². The molecule has 0 spiro atoms. The molecule has 5 rings (SSSR count). The van der Waals surface area contributed by atoms with Gasteiger partial charge in [0, 0.05) is 23.0 Å². The minimum absolute atomic E-state index is 0.00118. The van der Waals surface area contributed by atoms with Crippen molar-refractivity contribution in [2.45, 2.75) is 13.8 Å². The van der Waals surface area contributed by atoms with Gasteiger partial charge in [0.05, 0.1) is 29.4 Å². The van der Waals surface area contributed by atoms with Crippen molar-refractivity contribution >= 4 is 38.2 Å². The quantitative estimate of drug-likeness (QED) is 0.226. The number of nitrogens with one attached hydrogen (secondary N) is 2. The number of ketones is 1. The first kappa shape index (κ1) is 26.8. The standard InChI is InChI=1S/C27H22F3N5O4S/c1-13-6-15-8-23(33-22(15)11-21(13)34-40(3,37)38)26(36)18-12-32-35(27(18)31)25-14(2)7-17(10-20(25)30)39-24-9-16(28)4-5-19(24)29/h4-12,33-34H,31H2,1-3H3. The molecule has 13 heteroatoms. The third-order valence-corrected chi connectivity index (χ3v) is 6.71. The van der Waals surface area contributed by atoms with Crippen LogP contribution in [0.15, 0.2) is 54.7 Å². The van der Waals surface area contributed by atoms with E-state index < -0.39 is 39.0 Å². The van der Waals surface area contributed by atoms with Crippen molar-refractivity contribution in [3.63, 3.8) is 0 Å². The first-order valence-electron chi connectivity index (χ1n) is 11.7. The molecule has 0 saturated carbocycles. The Bertz CT molecular complexity index is 1910. The number of aromatic amines is 1. The fraction of sp³-hybridized carbons (Fsp3) is 0.111. The maximum absolute atomic E-state index is 15.2. The van der Waals surface area contributed by atoms with Crippen LogP contribution < -0.4 is 15.2 Å². The summed E-state index contributed by atoms with van der Waals surface area (Å²) in [4.78, 5) is 16.3. The van der Waals surface area contributed by atoms with Crippen LogP contribution in [0.2, 0.25) is 0 Å². The summed E-state index contributed by atoms with van der Waals surface area (Å²) in [6.45, 7) is 3.27. The highest BCUT2D eigenvalue weighted by Gasteiger charge is 2.23. The van der Waals surface area contributed by atoms with Crippen LogP contribution in [-0.4, -0.2) is 35.2 Å². The Kier molecular flexibility index (Phi) is 6.54. The lowest BCUT2D eigenvalue weighted by Crippen LogP contribution is -2.10. The molecule has 4 N–H and O–H groups in total. The second-order valence-electron chi connectivity index (χ2n) is 9.24. The van der Waals surface area contributed by atoms with E-state index in [0.717, 1.165) is 35.2 Å². The Morgan fingerprint density at radius 2 is 1.77 bits per heavy atom. The average molecular weight is 570 g/mol. The molecule has 0 amide bonds. The number of sulfonamides is 1. The number of nitrogens with zero attached hydrogens (tertiary/aromatic N) is 2. The summed E-state index contributed by atoms with van der Waals surface area (Å²) in [6.07, 6.45) is 2.24. The molecule has 0 aliphatic carbocycles. The molecule has 3 aromatic carbocycles. The molecule has 0 saturated heterocycles. The van der Waals surface area contributed by atoms with Crippen LogP contribution in [0.25, 0.3) is 16.6 Å². The number of H-pyrrole nitrogens is 1. The van der Waals surface area contributed by atoms with Crippen molar-refractivity contribution in [1.82, 2.24) is 14.8 Å². The summed E-state index contributed by atoms with van der Waals surface area (Å²) in [5, 5.41) is 4.77. The van der Waals surface area contributed by atoms with E-state index in [4.69, 9.17) is 10.5 Å². The Balaban J connectivity index is 1.46. The first-order chi connectivity index (χ1) is 18.8. The highest BCUT2D eigenvalue weighted by atomic mass is 32.2. The van der Waals surface area contributed by atoms with E-state index in [2.05, 4.69) is 14.8 Å². The van der Waals surface area contributed by atoms with Gasteiger partial charge in [-0.3, -0.25) is 9.52 Å². The SMILES string of the molecule is Cc1cc2cc(C(=O)c3cnn(-c4c(C)cc(Oc5cc(F)ccc5F)cc4F)c3N)[nH]c2cc1NS(C)(=O)=O. The number of ether oxygens (including phenoxy) is 1. The van der Waals surface area contributed by atoms with Crippen molar-refractivity contribution in [1.29, 1.82) is 0 Å². The van der Waals surface area contributed by atoms with Crippen LogP contribution in [-0.2, 0) is 10.0 Å². The second-order valence-corrected chi connectivity index (χ2v) is 11.0. The number of hydrogen-bond acceptors (Lipinski definition) is 6. The van der Waals surface area contributed by atoms with Gasteiger partial charge in [0.15, 0.2) is 17.4 Å². The maximum Gasteiger partial charge on any atom is 0.229 e. The third kappa shape index (κ3) is 5.10. The minimum Gasteiger partial charge on any atom is -0.454 e. The predicted octanol–water partition coefficient (Wildman–Crippen LogP) is 5.36. The summed E-state index contributed by atoms with van der Waals surface area (Å²) in [5.41, 5.74) is 8.15. The molecule has 0 fully saturated rings. The number of aromatic nitrogens is 3. The summed E-state index contributed by atoms with van der Waals surface area (Å²) < 4.78 is 74.8. The van der Waals surface area contributed by atoms with Crippen LogP contribution in [0.5, 0.6) is 11.5 Å². The Labute approximate surface area is 226 Å². The number of carbonyl (C=O) groups is 1. The Hall–Kier alpha value is -4.78. The Morgan fingerprint density at radius 3 is 2.48 bits per heavy atom. The van der Waals surface area contributed by atoms with E-state index in [9.17, 15) is 22.0 Å². The number of nitrogen functional groups attached to an aromatic ring is 1. The number of nitrogens with two attached hydrogens (primary N) is 1. The number of fused-ring (bicyclic) bond motifs is 1. The molecule has 0 aliphatic rings. The second kappa shape index (κ2) is 9.75. The van der Waals surface area contributed by atoms with Crippen LogP contribution in [0, 0.1) is 31.3 Å². The molecule has 5 aromatic rings. The average Bonchev–Trinajstić information content (AvgIpc) is 3.43. The highest BCUT2D eigenvalue weighted by Crippen LogP contribution is 2.32. The van der Waals surface area contributed by atoms with Gasteiger partial charge in [-0.2, -0.15) is 5.10 Å². The van der Waals surface area contributed by atoms with Crippen LogP contribution in [0.3, 0.4) is 0 Å². The summed E-state index contributed by atoms with van der Waals surface area (Å²) >= 11 is 0.